The molecule has 0 aliphatic rings. The summed E-state index contributed by atoms with van der Waals surface area (Å²) in [4.78, 5) is 10.9. The maximum Gasteiger partial charge on any atom is 0.140 e. The summed E-state index contributed by atoms with van der Waals surface area (Å²) in [6.45, 7) is 5.02. The van der Waals surface area contributed by atoms with Gasteiger partial charge in [-0.1, -0.05) is 6.07 Å². The minimum atomic E-state index is -0.263. The largest absolute Gasteiger partial charge is 0.300 e. The first-order chi connectivity index (χ1) is 6.43. The highest BCUT2D eigenvalue weighted by molar-refractivity contribution is 9.10. The number of halogens is 2. The molecule has 1 rings (SSSR count). The Bertz CT molecular complexity index is 385. The van der Waals surface area contributed by atoms with Crippen LogP contribution >= 0.6 is 15.9 Å². The van der Waals surface area contributed by atoms with Crippen molar-refractivity contribution in [2.24, 2.45) is 0 Å². The molecule has 0 bridgehead atoms. The molecule has 0 radical (unpaired) electrons. The number of aryl methyl sites for hydroxylation is 1. The minimum absolute atomic E-state index is 0.0502. The van der Waals surface area contributed by atoms with E-state index >= 15 is 0 Å². The van der Waals surface area contributed by atoms with Crippen molar-refractivity contribution in [3.05, 3.63) is 33.0 Å². The van der Waals surface area contributed by atoms with Crippen molar-refractivity contribution in [1.29, 1.82) is 0 Å². The fourth-order valence-electron chi connectivity index (χ4n) is 1.36. The normalized spacial score (nSPS) is 10.4. The van der Waals surface area contributed by atoms with Crippen LogP contribution in [0.4, 0.5) is 4.39 Å². The van der Waals surface area contributed by atoms with Gasteiger partial charge < -0.3 is 0 Å². The number of benzene rings is 1. The van der Waals surface area contributed by atoms with Crippen LogP contribution in [-0.4, -0.2) is 5.78 Å². The number of hydrogen-bond donors (Lipinski definition) is 0. The van der Waals surface area contributed by atoms with Crippen molar-refractivity contribution < 1.29 is 9.18 Å². The third kappa shape index (κ3) is 2.21. The summed E-state index contributed by atoms with van der Waals surface area (Å²) in [5.74, 6) is -0.213. The third-order valence-electron chi connectivity index (χ3n) is 2.18. The quantitative estimate of drug-likeness (QED) is 0.796. The zero-order valence-electron chi connectivity index (χ0n) is 8.45. The minimum Gasteiger partial charge on any atom is -0.300 e. The Morgan fingerprint density at radius 2 is 2.07 bits per heavy atom. The second-order valence-corrected chi connectivity index (χ2v) is 4.28. The zero-order chi connectivity index (χ0) is 10.9. The number of Topliss-reactive ketones (excluding diaryl/α,β-unsaturated/α-hetero) is 1. The lowest BCUT2D eigenvalue weighted by Gasteiger charge is -2.09. The average Bonchev–Trinajstić information content (AvgIpc) is 2.10. The van der Waals surface area contributed by atoms with Crippen LogP contribution in [0.1, 0.15) is 23.6 Å². The van der Waals surface area contributed by atoms with E-state index in [0.717, 1.165) is 11.1 Å². The number of ketones is 1. The molecule has 3 heteroatoms. The summed E-state index contributed by atoms with van der Waals surface area (Å²) in [5, 5.41) is 0. The van der Waals surface area contributed by atoms with Crippen LogP contribution in [0, 0.1) is 19.7 Å². The number of carbonyl (C=O) groups excluding carboxylic acids is 1. The van der Waals surface area contributed by atoms with Crippen molar-refractivity contribution in [3.63, 3.8) is 0 Å². The Balaban J connectivity index is 3.25. The smallest absolute Gasteiger partial charge is 0.140 e. The van der Waals surface area contributed by atoms with E-state index in [1.54, 1.807) is 6.92 Å². The molecule has 14 heavy (non-hydrogen) atoms. The lowest BCUT2D eigenvalue weighted by Crippen LogP contribution is -2.02. The summed E-state index contributed by atoms with van der Waals surface area (Å²) >= 11 is 3.17. The van der Waals surface area contributed by atoms with Crippen LogP contribution in [0.5, 0.6) is 0 Å². The molecule has 0 aliphatic heterocycles. The Kier molecular flexibility index (Phi) is 3.43. The lowest BCUT2D eigenvalue weighted by molar-refractivity contribution is -0.116. The second-order valence-electron chi connectivity index (χ2n) is 3.48. The van der Waals surface area contributed by atoms with E-state index in [9.17, 15) is 9.18 Å². The molecule has 1 nitrogen and oxygen atoms in total. The van der Waals surface area contributed by atoms with Gasteiger partial charge in [-0.2, -0.15) is 0 Å². The van der Waals surface area contributed by atoms with Crippen LogP contribution in [0.2, 0.25) is 0 Å². The van der Waals surface area contributed by atoms with E-state index in [2.05, 4.69) is 15.9 Å². The molecule has 1 aromatic rings. The Hall–Kier alpha value is -0.700. The Morgan fingerprint density at radius 3 is 2.57 bits per heavy atom. The van der Waals surface area contributed by atoms with Gasteiger partial charge in [0.2, 0.25) is 0 Å². The standard InChI is InChI=1S/C11H12BrFO/c1-6-4-9(5-7(2)14)8(3)11(13)10(6)12/h4H,5H2,1-3H3. The fraction of sp³-hybridized carbons (Fsp3) is 0.364. The molecule has 0 atom stereocenters. The molecule has 1 aromatic carbocycles. The maximum atomic E-state index is 13.5. The summed E-state index contributed by atoms with van der Waals surface area (Å²) in [7, 11) is 0. The molecule has 0 saturated carbocycles. The van der Waals surface area contributed by atoms with Crippen LogP contribution in [0.15, 0.2) is 10.5 Å². The molecular formula is C11H12BrFO. The van der Waals surface area contributed by atoms with Gasteiger partial charge in [0.25, 0.3) is 0 Å². The second kappa shape index (κ2) is 4.22. The molecule has 0 fully saturated rings. The maximum absolute atomic E-state index is 13.5. The summed E-state index contributed by atoms with van der Waals surface area (Å²) < 4.78 is 14.0. The molecular weight excluding hydrogens is 247 g/mol. The number of hydrogen-bond acceptors (Lipinski definition) is 1. The molecule has 0 unspecified atom stereocenters. The first-order valence-electron chi connectivity index (χ1n) is 4.37. The van der Waals surface area contributed by atoms with Crippen LogP contribution in [-0.2, 0) is 11.2 Å². The molecule has 0 aliphatic carbocycles. The topological polar surface area (TPSA) is 17.1 Å². The van der Waals surface area contributed by atoms with Gasteiger partial charge in [-0.15, -0.1) is 0 Å². The van der Waals surface area contributed by atoms with Crippen molar-refractivity contribution in [2.45, 2.75) is 27.2 Å². The van der Waals surface area contributed by atoms with Crippen LogP contribution < -0.4 is 0 Å². The van der Waals surface area contributed by atoms with E-state index in [-0.39, 0.29) is 11.6 Å². The highest BCUT2D eigenvalue weighted by Gasteiger charge is 2.12. The van der Waals surface area contributed by atoms with E-state index < -0.39 is 0 Å². The van der Waals surface area contributed by atoms with Gasteiger partial charge in [-0.05, 0) is 53.4 Å². The predicted octanol–water partition coefficient (Wildman–Crippen LogP) is 3.34. The van der Waals surface area contributed by atoms with E-state index in [1.165, 1.54) is 6.92 Å². The van der Waals surface area contributed by atoms with E-state index in [1.807, 2.05) is 13.0 Å². The lowest BCUT2D eigenvalue weighted by atomic mass is 10.0. The molecule has 76 valence electrons. The SMILES string of the molecule is CC(=O)Cc1cc(C)c(Br)c(F)c1C. The summed E-state index contributed by atoms with van der Waals surface area (Å²) in [6, 6.07) is 1.85. The first kappa shape index (κ1) is 11.4. The molecule has 0 heterocycles. The van der Waals surface area contributed by atoms with Gasteiger partial charge in [-0.3, -0.25) is 4.79 Å². The van der Waals surface area contributed by atoms with Gasteiger partial charge in [-0.25, -0.2) is 4.39 Å². The van der Waals surface area contributed by atoms with Gasteiger partial charge >= 0.3 is 0 Å². The third-order valence-corrected chi connectivity index (χ3v) is 3.15. The zero-order valence-corrected chi connectivity index (χ0v) is 10.0. The van der Waals surface area contributed by atoms with Crippen molar-refractivity contribution >= 4 is 21.7 Å². The van der Waals surface area contributed by atoms with Crippen molar-refractivity contribution in [2.75, 3.05) is 0 Å². The molecule has 0 aromatic heterocycles. The van der Waals surface area contributed by atoms with Gasteiger partial charge in [0, 0.05) is 6.42 Å². The monoisotopic (exact) mass is 258 g/mol. The van der Waals surface area contributed by atoms with Crippen molar-refractivity contribution in [3.8, 4) is 0 Å². The van der Waals surface area contributed by atoms with Crippen LogP contribution in [0.25, 0.3) is 0 Å². The number of carbonyl (C=O) groups is 1. The Morgan fingerprint density at radius 1 is 1.50 bits per heavy atom. The predicted molar refractivity (Wildman–Crippen MR) is 58.0 cm³/mol. The fourth-order valence-corrected chi connectivity index (χ4v) is 1.78. The molecule has 0 N–H and O–H groups in total. The van der Waals surface area contributed by atoms with Gasteiger partial charge in [0.1, 0.15) is 11.6 Å². The first-order valence-corrected chi connectivity index (χ1v) is 5.16. The van der Waals surface area contributed by atoms with Crippen LogP contribution in [0.3, 0.4) is 0 Å². The molecule has 0 amide bonds. The molecule has 0 spiro atoms. The van der Waals surface area contributed by atoms with Gasteiger partial charge in [0.15, 0.2) is 0 Å². The van der Waals surface area contributed by atoms with Crippen molar-refractivity contribution in [1.82, 2.24) is 0 Å². The highest BCUT2D eigenvalue weighted by Crippen LogP contribution is 2.26. The summed E-state index contributed by atoms with van der Waals surface area (Å²) in [5.41, 5.74) is 2.15. The summed E-state index contributed by atoms with van der Waals surface area (Å²) in [6.07, 6.45) is 0.302. The number of rotatable bonds is 2. The highest BCUT2D eigenvalue weighted by atomic mass is 79.9. The van der Waals surface area contributed by atoms with Gasteiger partial charge in [0.05, 0.1) is 4.47 Å². The molecule has 0 saturated heterocycles. The average molecular weight is 259 g/mol. The Labute approximate surface area is 91.5 Å². The van der Waals surface area contributed by atoms with E-state index in [4.69, 9.17) is 0 Å². The van der Waals surface area contributed by atoms with E-state index in [0.29, 0.717) is 16.5 Å².